The molecule has 0 saturated heterocycles. The van der Waals surface area contributed by atoms with Crippen LogP contribution in [0, 0.1) is 0 Å². The van der Waals surface area contributed by atoms with Crippen LogP contribution in [0.1, 0.15) is 23.6 Å². The lowest BCUT2D eigenvalue weighted by molar-refractivity contribution is 0.556. The first-order valence-corrected chi connectivity index (χ1v) is 5.30. The van der Waals surface area contributed by atoms with E-state index in [2.05, 4.69) is 29.6 Å². The molecule has 1 aromatic carbocycles. The van der Waals surface area contributed by atoms with Crippen LogP contribution in [0.5, 0.6) is 0 Å². The molecule has 1 aromatic heterocycles. The van der Waals surface area contributed by atoms with Crippen molar-refractivity contribution in [2.45, 2.75) is 18.9 Å². The number of hydrogen-bond acceptors (Lipinski definition) is 2. The highest BCUT2D eigenvalue weighted by molar-refractivity contribution is 5.54. The number of rotatable bonds is 1. The largest absolute Gasteiger partial charge is 0.472 e. The van der Waals surface area contributed by atoms with Crippen LogP contribution in [0.15, 0.2) is 47.3 Å². The Morgan fingerprint density at radius 2 is 2.13 bits per heavy atom. The van der Waals surface area contributed by atoms with Crippen LogP contribution in [0.2, 0.25) is 0 Å². The zero-order chi connectivity index (χ0) is 10.1. The van der Waals surface area contributed by atoms with E-state index in [1.165, 1.54) is 16.8 Å². The van der Waals surface area contributed by atoms with Gasteiger partial charge < -0.3 is 9.73 Å². The van der Waals surface area contributed by atoms with Crippen LogP contribution < -0.4 is 5.32 Å². The Kier molecular flexibility index (Phi) is 1.98. The maximum atomic E-state index is 5.12. The molecule has 0 radical (unpaired) electrons. The van der Waals surface area contributed by atoms with Gasteiger partial charge in [0.2, 0.25) is 0 Å². The third-order valence-corrected chi connectivity index (χ3v) is 3.00. The van der Waals surface area contributed by atoms with Gasteiger partial charge in [-0.05, 0) is 30.5 Å². The summed E-state index contributed by atoms with van der Waals surface area (Å²) >= 11 is 0. The molecule has 1 N–H and O–H groups in total. The molecule has 1 atom stereocenters. The van der Waals surface area contributed by atoms with Gasteiger partial charge in [-0.2, -0.15) is 0 Å². The lowest BCUT2D eigenvalue weighted by Crippen LogP contribution is -2.17. The van der Waals surface area contributed by atoms with E-state index in [1.807, 2.05) is 12.3 Å². The Labute approximate surface area is 88.9 Å². The van der Waals surface area contributed by atoms with Gasteiger partial charge in [-0.25, -0.2) is 0 Å². The molecule has 2 nitrogen and oxygen atoms in total. The Morgan fingerprint density at radius 1 is 1.20 bits per heavy atom. The van der Waals surface area contributed by atoms with Crippen molar-refractivity contribution in [3.05, 3.63) is 54.0 Å². The molecule has 2 aromatic rings. The fraction of sp³-hybridized carbons (Fsp3) is 0.231. The summed E-state index contributed by atoms with van der Waals surface area (Å²) in [5, 5.41) is 3.54. The molecule has 0 spiro atoms. The Morgan fingerprint density at radius 3 is 3.00 bits per heavy atom. The minimum Gasteiger partial charge on any atom is -0.472 e. The molecule has 1 aliphatic heterocycles. The van der Waals surface area contributed by atoms with Crippen LogP contribution in [0.3, 0.4) is 0 Å². The molecule has 3 rings (SSSR count). The highest BCUT2D eigenvalue weighted by Crippen LogP contribution is 2.32. The zero-order valence-corrected chi connectivity index (χ0v) is 8.44. The maximum absolute atomic E-state index is 5.12. The van der Waals surface area contributed by atoms with Crippen molar-refractivity contribution in [1.29, 1.82) is 0 Å². The number of fused-ring (bicyclic) bond motifs is 1. The highest BCUT2D eigenvalue weighted by Gasteiger charge is 2.18. The monoisotopic (exact) mass is 199 g/mol. The molecule has 0 amide bonds. The summed E-state index contributed by atoms with van der Waals surface area (Å²) in [6.07, 6.45) is 5.83. The van der Waals surface area contributed by atoms with Crippen molar-refractivity contribution in [2.24, 2.45) is 0 Å². The Hall–Kier alpha value is -1.70. The predicted molar refractivity (Wildman–Crippen MR) is 59.8 cm³/mol. The third-order valence-electron chi connectivity index (χ3n) is 3.00. The van der Waals surface area contributed by atoms with Crippen LogP contribution in [-0.4, -0.2) is 0 Å². The summed E-state index contributed by atoms with van der Waals surface area (Å²) in [4.78, 5) is 0. The topological polar surface area (TPSA) is 25.2 Å². The van der Waals surface area contributed by atoms with E-state index in [0.29, 0.717) is 6.04 Å². The van der Waals surface area contributed by atoms with E-state index in [1.54, 1.807) is 6.26 Å². The molecule has 0 bridgehead atoms. The number of anilines is 1. The van der Waals surface area contributed by atoms with Crippen LogP contribution in [-0.2, 0) is 6.42 Å². The first-order chi connectivity index (χ1) is 7.43. The summed E-state index contributed by atoms with van der Waals surface area (Å²) in [5.41, 5.74) is 3.91. The first kappa shape index (κ1) is 8.60. The molecule has 0 fully saturated rings. The van der Waals surface area contributed by atoms with Crippen LogP contribution >= 0.6 is 0 Å². The SMILES string of the molecule is c1ccc2c(c1)CCC(c1ccoc1)N2. The molecule has 15 heavy (non-hydrogen) atoms. The minimum atomic E-state index is 0.402. The van der Waals surface area contributed by atoms with E-state index in [-0.39, 0.29) is 0 Å². The fourth-order valence-corrected chi connectivity index (χ4v) is 2.16. The number of benzene rings is 1. The molecule has 2 heterocycles. The number of hydrogen-bond donors (Lipinski definition) is 1. The average molecular weight is 199 g/mol. The van der Waals surface area contributed by atoms with Gasteiger partial charge in [0.05, 0.1) is 18.6 Å². The Balaban J connectivity index is 1.89. The second kappa shape index (κ2) is 3.46. The van der Waals surface area contributed by atoms with Crippen LogP contribution in [0.25, 0.3) is 0 Å². The first-order valence-electron chi connectivity index (χ1n) is 5.30. The van der Waals surface area contributed by atoms with Gasteiger partial charge in [0, 0.05) is 11.3 Å². The summed E-state index contributed by atoms with van der Waals surface area (Å²) in [6, 6.07) is 10.9. The fourth-order valence-electron chi connectivity index (χ4n) is 2.16. The number of furan rings is 1. The number of para-hydroxylation sites is 1. The molecular weight excluding hydrogens is 186 g/mol. The standard InChI is InChI=1S/C13H13NO/c1-2-4-12-10(3-1)5-6-13(14-12)11-7-8-15-9-11/h1-4,7-9,13-14H,5-6H2. The van der Waals surface area contributed by atoms with E-state index in [9.17, 15) is 0 Å². The van der Waals surface area contributed by atoms with Gasteiger partial charge in [0.25, 0.3) is 0 Å². The van der Waals surface area contributed by atoms with Crippen molar-refractivity contribution >= 4 is 5.69 Å². The zero-order valence-electron chi connectivity index (χ0n) is 8.44. The minimum absolute atomic E-state index is 0.402. The van der Waals surface area contributed by atoms with Gasteiger partial charge in [-0.1, -0.05) is 18.2 Å². The van der Waals surface area contributed by atoms with Crippen molar-refractivity contribution in [3.8, 4) is 0 Å². The van der Waals surface area contributed by atoms with Crippen LogP contribution in [0.4, 0.5) is 5.69 Å². The smallest absolute Gasteiger partial charge is 0.0955 e. The molecule has 2 heteroatoms. The predicted octanol–water partition coefficient (Wildman–Crippen LogP) is 3.38. The molecule has 1 unspecified atom stereocenters. The van der Waals surface area contributed by atoms with Crippen molar-refractivity contribution in [3.63, 3.8) is 0 Å². The lowest BCUT2D eigenvalue weighted by Gasteiger charge is -2.26. The number of aryl methyl sites for hydroxylation is 1. The highest BCUT2D eigenvalue weighted by atomic mass is 16.3. The van der Waals surface area contributed by atoms with Crippen molar-refractivity contribution in [2.75, 3.05) is 5.32 Å². The summed E-state index contributed by atoms with van der Waals surface area (Å²) in [7, 11) is 0. The van der Waals surface area contributed by atoms with E-state index in [0.717, 1.165) is 12.8 Å². The lowest BCUT2D eigenvalue weighted by atomic mass is 9.95. The normalized spacial score (nSPS) is 19.3. The second-order valence-electron chi connectivity index (χ2n) is 3.95. The quantitative estimate of drug-likeness (QED) is 0.761. The van der Waals surface area contributed by atoms with Gasteiger partial charge in [0.15, 0.2) is 0 Å². The van der Waals surface area contributed by atoms with Gasteiger partial charge in [-0.3, -0.25) is 0 Å². The van der Waals surface area contributed by atoms with E-state index >= 15 is 0 Å². The third kappa shape index (κ3) is 1.52. The van der Waals surface area contributed by atoms with E-state index in [4.69, 9.17) is 4.42 Å². The van der Waals surface area contributed by atoms with Crippen molar-refractivity contribution in [1.82, 2.24) is 0 Å². The summed E-state index contributed by atoms with van der Waals surface area (Å²) in [6.45, 7) is 0. The van der Waals surface area contributed by atoms with Gasteiger partial charge in [0.1, 0.15) is 0 Å². The van der Waals surface area contributed by atoms with Gasteiger partial charge >= 0.3 is 0 Å². The summed E-state index contributed by atoms with van der Waals surface area (Å²) < 4.78 is 5.12. The Bertz CT molecular complexity index is 447. The second-order valence-corrected chi connectivity index (χ2v) is 3.95. The molecule has 0 aliphatic carbocycles. The maximum Gasteiger partial charge on any atom is 0.0955 e. The number of nitrogens with one attached hydrogen (secondary N) is 1. The van der Waals surface area contributed by atoms with Gasteiger partial charge in [-0.15, -0.1) is 0 Å². The molecule has 1 aliphatic rings. The molecule has 76 valence electrons. The molecule has 0 saturated carbocycles. The van der Waals surface area contributed by atoms with E-state index < -0.39 is 0 Å². The van der Waals surface area contributed by atoms with Crippen molar-refractivity contribution < 1.29 is 4.42 Å². The average Bonchev–Trinajstić information content (AvgIpc) is 2.82. The molecular formula is C13H13NO. The summed E-state index contributed by atoms with van der Waals surface area (Å²) in [5.74, 6) is 0.